The van der Waals surface area contributed by atoms with Crippen molar-refractivity contribution in [1.29, 1.82) is 0 Å². The molecule has 2 rings (SSSR count). The van der Waals surface area contributed by atoms with E-state index in [0.29, 0.717) is 6.42 Å². The van der Waals surface area contributed by atoms with Crippen molar-refractivity contribution in [3.05, 3.63) is 29.3 Å². The maximum atomic E-state index is 12.1. The van der Waals surface area contributed by atoms with Gasteiger partial charge in [-0.2, -0.15) is 0 Å². The highest BCUT2D eigenvalue weighted by Crippen LogP contribution is 2.28. The molecule has 0 fully saturated rings. The van der Waals surface area contributed by atoms with E-state index in [-0.39, 0.29) is 18.0 Å². The van der Waals surface area contributed by atoms with Crippen molar-refractivity contribution >= 4 is 11.6 Å². The summed E-state index contributed by atoms with van der Waals surface area (Å²) < 4.78 is 0. The maximum Gasteiger partial charge on any atom is 0.252 e. The third kappa shape index (κ3) is 2.32. The summed E-state index contributed by atoms with van der Waals surface area (Å²) in [6.07, 6.45) is 0.253. The van der Waals surface area contributed by atoms with E-state index in [1.165, 1.54) is 17.7 Å². The minimum Gasteiger partial charge on any atom is -0.369 e. The van der Waals surface area contributed by atoms with Gasteiger partial charge in [-0.3, -0.25) is 9.63 Å². The van der Waals surface area contributed by atoms with Crippen molar-refractivity contribution in [2.45, 2.75) is 19.5 Å². The van der Waals surface area contributed by atoms with Gasteiger partial charge < -0.3 is 11.1 Å². The Hall–Kier alpha value is -1.59. The molecule has 0 saturated carbocycles. The number of aryl methyl sites for hydroxylation is 1. The molecule has 5 nitrogen and oxygen atoms in total. The standard InChI is InChI=1S/C13H19N3O2/c1-8-4-5-11-9(6-8)7-10(12(14)15-11)13(17)16(2)18-3/h4-6,10,12,15H,7,14H2,1-3H3. The van der Waals surface area contributed by atoms with E-state index in [4.69, 9.17) is 10.6 Å². The van der Waals surface area contributed by atoms with Gasteiger partial charge in [-0.05, 0) is 25.0 Å². The van der Waals surface area contributed by atoms with Crippen LogP contribution in [0.1, 0.15) is 11.1 Å². The van der Waals surface area contributed by atoms with Crippen LogP contribution in [0.2, 0.25) is 0 Å². The Morgan fingerprint density at radius 2 is 2.28 bits per heavy atom. The normalized spacial score (nSPS) is 22.0. The Labute approximate surface area is 107 Å². The first-order valence-corrected chi connectivity index (χ1v) is 5.96. The van der Waals surface area contributed by atoms with E-state index in [1.807, 2.05) is 19.1 Å². The number of hydrogen-bond donors (Lipinski definition) is 2. The Morgan fingerprint density at radius 1 is 1.56 bits per heavy atom. The van der Waals surface area contributed by atoms with Crippen LogP contribution < -0.4 is 11.1 Å². The topological polar surface area (TPSA) is 67.6 Å². The molecule has 5 heteroatoms. The van der Waals surface area contributed by atoms with Crippen molar-refractivity contribution in [3.63, 3.8) is 0 Å². The van der Waals surface area contributed by atoms with E-state index in [1.54, 1.807) is 7.05 Å². The summed E-state index contributed by atoms with van der Waals surface area (Å²) in [6.45, 7) is 2.03. The number of rotatable bonds is 2. The zero-order valence-electron chi connectivity index (χ0n) is 10.9. The lowest BCUT2D eigenvalue weighted by molar-refractivity contribution is -0.174. The molecular weight excluding hydrogens is 230 g/mol. The molecule has 0 spiro atoms. The molecule has 1 heterocycles. The summed E-state index contributed by atoms with van der Waals surface area (Å²) >= 11 is 0. The predicted molar refractivity (Wildman–Crippen MR) is 69.8 cm³/mol. The highest BCUT2D eigenvalue weighted by Gasteiger charge is 2.33. The third-order valence-electron chi connectivity index (χ3n) is 3.36. The minimum absolute atomic E-state index is 0.107. The molecule has 18 heavy (non-hydrogen) atoms. The number of carbonyl (C=O) groups excluding carboxylic acids is 1. The van der Waals surface area contributed by atoms with Gasteiger partial charge in [0.2, 0.25) is 0 Å². The van der Waals surface area contributed by atoms with Crippen LogP contribution in [0, 0.1) is 12.8 Å². The van der Waals surface area contributed by atoms with Gasteiger partial charge in [-0.1, -0.05) is 17.7 Å². The van der Waals surface area contributed by atoms with Gasteiger partial charge in [-0.25, -0.2) is 5.06 Å². The van der Waals surface area contributed by atoms with Gasteiger partial charge in [0.15, 0.2) is 0 Å². The zero-order valence-corrected chi connectivity index (χ0v) is 10.9. The van der Waals surface area contributed by atoms with Crippen LogP contribution in [-0.4, -0.2) is 31.3 Å². The molecule has 0 aliphatic carbocycles. The number of nitrogens with two attached hydrogens (primary N) is 1. The molecule has 3 N–H and O–H groups in total. The SMILES string of the molecule is CON(C)C(=O)C1Cc2cc(C)ccc2NC1N. The summed E-state index contributed by atoms with van der Waals surface area (Å²) in [6, 6.07) is 6.12. The first-order chi connectivity index (χ1) is 8.52. The summed E-state index contributed by atoms with van der Waals surface area (Å²) in [4.78, 5) is 17.0. The zero-order chi connectivity index (χ0) is 13.3. The first-order valence-electron chi connectivity index (χ1n) is 5.96. The second kappa shape index (κ2) is 4.96. The van der Waals surface area contributed by atoms with Crippen LogP contribution in [0.4, 0.5) is 5.69 Å². The molecule has 2 unspecified atom stereocenters. The summed E-state index contributed by atoms with van der Waals surface area (Å²) in [5.74, 6) is -0.408. The molecule has 0 bridgehead atoms. The quantitative estimate of drug-likeness (QED) is 0.764. The molecule has 1 aromatic rings. The van der Waals surface area contributed by atoms with E-state index in [0.717, 1.165) is 11.3 Å². The maximum absolute atomic E-state index is 12.1. The van der Waals surface area contributed by atoms with E-state index in [2.05, 4.69) is 11.4 Å². The molecule has 0 saturated heterocycles. The van der Waals surface area contributed by atoms with Gasteiger partial charge in [-0.15, -0.1) is 0 Å². The Bertz CT molecular complexity index is 462. The van der Waals surface area contributed by atoms with Crippen LogP contribution in [0.5, 0.6) is 0 Å². The number of hydrogen-bond acceptors (Lipinski definition) is 4. The van der Waals surface area contributed by atoms with Crippen LogP contribution in [0.3, 0.4) is 0 Å². The fraction of sp³-hybridized carbons (Fsp3) is 0.462. The molecule has 98 valence electrons. The number of amides is 1. The lowest BCUT2D eigenvalue weighted by atomic mass is 9.90. The average Bonchev–Trinajstić information content (AvgIpc) is 2.36. The predicted octanol–water partition coefficient (Wildman–Crippen LogP) is 0.884. The average molecular weight is 249 g/mol. The Balaban J connectivity index is 2.24. The van der Waals surface area contributed by atoms with Gasteiger partial charge in [0.05, 0.1) is 19.2 Å². The number of benzene rings is 1. The van der Waals surface area contributed by atoms with Crippen LogP contribution in [0.15, 0.2) is 18.2 Å². The van der Waals surface area contributed by atoms with Crippen molar-refractivity contribution < 1.29 is 9.63 Å². The summed E-state index contributed by atoms with van der Waals surface area (Å²) in [5.41, 5.74) is 9.33. The molecule has 1 aliphatic rings. The fourth-order valence-electron chi connectivity index (χ4n) is 2.24. The highest BCUT2D eigenvalue weighted by molar-refractivity contribution is 5.80. The van der Waals surface area contributed by atoms with Gasteiger partial charge >= 0.3 is 0 Å². The summed E-state index contributed by atoms with van der Waals surface area (Å²) in [7, 11) is 3.07. The number of fused-ring (bicyclic) bond motifs is 1. The lowest BCUT2D eigenvalue weighted by Gasteiger charge is -2.33. The minimum atomic E-state index is -0.384. The van der Waals surface area contributed by atoms with Crippen molar-refractivity contribution in [1.82, 2.24) is 5.06 Å². The van der Waals surface area contributed by atoms with Crippen LogP contribution in [-0.2, 0) is 16.1 Å². The smallest absolute Gasteiger partial charge is 0.252 e. The van der Waals surface area contributed by atoms with Gasteiger partial charge in [0, 0.05) is 12.7 Å². The molecule has 1 aliphatic heterocycles. The molecule has 0 radical (unpaired) electrons. The monoisotopic (exact) mass is 249 g/mol. The molecule has 1 aromatic carbocycles. The van der Waals surface area contributed by atoms with E-state index >= 15 is 0 Å². The second-order valence-electron chi connectivity index (χ2n) is 4.66. The second-order valence-corrected chi connectivity index (χ2v) is 4.66. The van der Waals surface area contributed by atoms with E-state index < -0.39 is 0 Å². The Morgan fingerprint density at radius 3 is 2.94 bits per heavy atom. The van der Waals surface area contributed by atoms with E-state index in [9.17, 15) is 4.79 Å². The number of nitrogens with one attached hydrogen (secondary N) is 1. The van der Waals surface area contributed by atoms with Crippen molar-refractivity contribution in [3.8, 4) is 0 Å². The highest BCUT2D eigenvalue weighted by atomic mass is 16.7. The number of anilines is 1. The largest absolute Gasteiger partial charge is 0.369 e. The number of nitrogens with zero attached hydrogens (tertiary/aromatic N) is 1. The summed E-state index contributed by atoms with van der Waals surface area (Å²) in [5, 5.41) is 4.40. The van der Waals surface area contributed by atoms with Crippen LogP contribution in [0.25, 0.3) is 0 Å². The van der Waals surface area contributed by atoms with Crippen molar-refractivity contribution in [2.75, 3.05) is 19.5 Å². The Kier molecular flexibility index (Phi) is 3.54. The van der Waals surface area contributed by atoms with Gasteiger partial charge in [0.1, 0.15) is 0 Å². The van der Waals surface area contributed by atoms with Crippen molar-refractivity contribution in [2.24, 2.45) is 11.7 Å². The third-order valence-corrected chi connectivity index (χ3v) is 3.36. The fourth-order valence-corrected chi connectivity index (χ4v) is 2.24. The molecular formula is C13H19N3O2. The van der Waals surface area contributed by atoms with Gasteiger partial charge in [0.25, 0.3) is 5.91 Å². The number of carbonyl (C=O) groups is 1. The molecule has 1 amide bonds. The first kappa shape index (κ1) is 12.9. The molecule has 0 aromatic heterocycles. The lowest BCUT2D eigenvalue weighted by Crippen LogP contribution is -2.49. The molecule has 2 atom stereocenters. The van der Waals surface area contributed by atoms with Crippen LogP contribution >= 0.6 is 0 Å². The number of hydroxylamine groups is 2.